The number of carbonyl (C=O) groups excluding carboxylic acids is 2. The molecule has 1 N–H and O–H groups in total. The molecule has 24 heavy (non-hydrogen) atoms. The highest BCUT2D eigenvalue weighted by molar-refractivity contribution is 5.92. The second kappa shape index (κ2) is 7.86. The van der Waals surface area contributed by atoms with Gasteiger partial charge < -0.3 is 14.8 Å². The number of nitrogens with zero attached hydrogens (tertiary/aromatic N) is 1. The molecule has 2 unspecified atom stereocenters. The van der Waals surface area contributed by atoms with Gasteiger partial charge in [0.2, 0.25) is 0 Å². The molecule has 0 radical (unpaired) electrons. The summed E-state index contributed by atoms with van der Waals surface area (Å²) in [6.07, 6.45) is -0.0456. The van der Waals surface area contributed by atoms with Crippen molar-refractivity contribution in [2.24, 2.45) is 0 Å². The van der Waals surface area contributed by atoms with E-state index in [0.717, 1.165) is 5.56 Å². The zero-order chi connectivity index (χ0) is 17.7. The number of allylic oxidation sites excluding steroid dienone is 1. The van der Waals surface area contributed by atoms with Crippen LogP contribution < -0.4 is 5.32 Å². The molecule has 6 heteroatoms. The number of ether oxygens (including phenoxy) is 2. The van der Waals surface area contributed by atoms with Crippen molar-refractivity contribution in [1.82, 2.24) is 10.2 Å². The van der Waals surface area contributed by atoms with Crippen molar-refractivity contribution in [3.63, 3.8) is 0 Å². The molecule has 0 aromatic heterocycles. The van der Waals surface area contributed by atoms with Gasteiger partial charge in [-0.15, -0.1) is 0 Å². The van der Waals surface area contributed by atoms with Gasteiger partial charge in [-0.25, -0.2) is 9.59 Å². The fraction of sp³-hybridized carbons (Fsp3) is 0.444. The second-order valence-corrected chi connectivity index (χ2v) is 5.52. The summed E-state index contributed by atoms with van der Waals surface area (Å²) in [5, 5.41) is 3.22. The normalized spacial score (nSPS) is 20.4. The largest absolute Gasteiger partial charge is 0.466 e. The van der Waals surface area contributed by atoms with Crippen LogP contribution in [0.2, 0.25) is 0 Å². The number of methoxy groups -OCH3 is 1. The van der Waals surface area contributed by atoms with Gasteiger partial charge in [-0.3, -0.25) is 4.90 Å². The summed E-state index contributed by atoms with van der Waals surface area (Å²) in [5.74, 6) is -0.460. The molecule has 1 aromatic carbocycles. The molecule has 0 aliphatic carbocycles. The first-order chi connectivity index (χ1) is 11.5. The van der Waals surface area contributed by atoms with Crippen molar-refractivity contribution in [2.45, 2.75) is 39.4 Å². The van der Waals surface area contributed by atoms with Crippen LogP contribution in [-0.2, 0) is 14.3 Å². The Morgan fingerprint density at radius 1 is 1.21 bits per heavy atom. The van der Waals surface area contributed by atoms with Crippen LogP contribution >= 0.6 is 0 Å². The Hall–Kier alpha value is -2.50. The van der Waals surface area contributed by atoms with E-state index < -0.39 is 18.1 Å². The minimum absolute atomic E-state index is 0.261. The van der Waals surface area contributed by atoms with Crippen molar-refractivity contribution in [1.29, 1.82) is 0 Å². The second-order valence-electron chi connectivity index (χ2n) is 5.52. The lowest BCUT2D eigenvalue weighted by Crippen LogP contribution is -2.55. The Labute approximate surface area is 142 Å². The zero-order valence-corrected chi connectivity index (χ0v) is 14.5. The maximum absolute atomic E-state index is 12.6. The highest BCUT2D eigenvalue weighted by Crippen LogP contribution is 2.36. The molecular weight excluding hydrogens is 308 g/mol. The van der Waals surface area contributed by atoms with Gasteiger partial charge in [0.1, 0.15) is 6.17 Å². The van der Waals surface area contributed by atoms with Crippen LogP contribution in [-0.4, -0.2) is 36.8 Å². The molecule has 1 amide bonds. The summed E-state index contributed by atoms with van der Waals surface area (Å²) in [5.41, 5.74) is 1.97. The lowest BCUT2D eigenvalue weighted by Gasteiger charge is -2.43. The predicted molar refractivity (Wildman–Crippen MR) is 90.0 cm³/mol. The van der Waals surface area contributed by atoms with Crippen molar-refractivity contribution < 1.29 is 19.1 Å². The van der Waals surface area contributed by atoms with E-state index in [1.807, 2.05) is 44.2 Å². The number of hydrogen-bond acceptors (Lipinski definition) is 5. The Morgan fingerprint density at radius 3 is 2.42 bits per heavy atom. The Bertz CT molecular complexity index is 627. The van der Waals surface area contributed by atoms with Crippen LogP contribution in [0.25, 0.3) is 0 Å². The molecular formula is C18H24N2O4. The topological polar surface area (TPSA) is 67.9 Å². The highest BCUT2D eigenvalue weighted by atomic mass is 16.6. The van der Waals surface area contributed by atoms with E-state index in [9.17, 15) is 9.59 Å². The number of nitrogens with one attached hydrogen (secondary N) is 1. The fourth-order valence-corrected chi connectivity index (χ4v) is 2.99. The minimum Gasteiger partial charge on any atom is -0.466 e. The summed E-state index contributed by atoms with van der Waals surface area (Å²) < 4.78 is 10.2. The molecule has 1 aliphatic heterocycles. The van der Waals surface area contributed by atoms with Gasteiger partial charge in [-0.05, 0) is 25.8 Å². The Morgan fingerprint density at radius 2 is 1.88 bits per heavy atom. The number of benzene rings is 1. The van der Waals surface area contributed by atoms with Gasteiger partial charge in [0.15, 0.2) is 0 Å². The first kappa shape index (κ1) is 17.8. The average molecular weight is 332 g/mol. The van der Waals surface area contributed by atoms with Gasteiger partial charge in [0, 0.05) is 5.70 Å². The third kappa shape index (κ3) is 3.37. The van der Waals surface area contributed by atoms with Gasteiger partial charge >= 0.3 is 12.1 Å². The van der Waals surface area contributed by atoms with Gasteiger partial charge in [0.05, 0.1) is 25.3 Å². The first-order valence-electron chi connectivity index (χ1n) is 8.10. The number of esters is 1. The van der Waals surface area contributed by atoms with Crippen LogP contribution in [0.1, 0.15) is 38.8 Å². The number of rotatable bonds is 4. The molecule has 0 saturated heterocycles. The van der Waals surface area contributed by atoms with Gasteiger partial charge in [-0.1, -0.05) is 37.3 Å². The summed E-state index contributed by atoms with van der Waals surface area (Å²) in [6, 6.07) is 8.89. The van der Waals surface area contributed by atoms with Crippen LogP contribution in [0.4, 0.5) is 4.79 Å². The molecule has 1 heterocycles. The SMILES string of the molecule is CCOC(=O)N1C(CC)NC(C)=C(C(=O)OC)C1c1ccccc1. The molecule has 1 aromatic rings. The molecule has 0 spiro atoms. The summed E-state index contributed by atoms with van der Waals surface area (Å²) >= 11 is 0. The molecule has 0 saturated carbocycles. The molecule has 130 valence electrons. The number of amides is 1. The van der Waals surface area contributed by atoms with Gasteiger partial charge in [0.25, 0.3) is 0 Å². The third-order valence-corrected chi connectivity index (χ3v) is 4.06. The van der Waals surface area contributed by atoms with Crippen molar-refractivity contribution >= 4 is 12.1 Å². The highest BCUT2D eigenvalue weighted by Gasteiger charge is 2.41. The van der Waals surface area contributed by atoms with Crippen molar-refractivity contribution in [3.8, 4) is 0 Å². The van der Waals surface area contributed by atoms with E-state index >= 15 is 0 Å². The molecule has 6 nitrogen and oxygen atoms in total. The van der Waals surface area contributed by atoms with E-state index in [-0.39, 0.29) is 12.8 Å². The number of hydrogen-bond donors (Lipinski definition) is 1. The quantitative estimate of drug-likeness (QED) is 0.859. The van der Waals surface area contributed by atoms with Crippen molar-refractivity contribution in [2.75, 3.05) is 13.7 Å². The van der Waals surface area contributed by atoms with E-state index in [1.165, 1.54) is 7.11 Å². The van der Waals surface area contributed by atoms with E-state index in [2.05, 4.69) is 5.32 Å². The standard InChI is InChI=1S/C18H24N2O4/c1-5-14-19-12(3)15(17(21)23-4)16(13-10-8-7-9-11-13)20(14)18(22)24-6-2/h7-11,14,16,19H,5-6H2,1-4H3. The summed E-state index contributed by atoms with van der Waals surface area (Å²) in [7, 11) is 1.34. The molecule has 1 aliphatic rings. The predicted octanol–water partition coefficient (Wildman–Crippen LogP) is 2.97. The smallest absolute Gasteiger partial charge is 0.412 e. The van der Waals surface area contributed by atoms with Crippen LogP contribution in [0.3, 0.4) is 0 Å². The molecule has 2 rings (SSSR count). The molecule has 0 bridgehead atoms. The van der Waals surface area contributed by atoms with E-state index in [4.69, 9.17) is 9.47 Å². The molecule has 2 atom stereocenters. The zero-order valence-electron chi connectivity index (χ0n) is 14.5. The van der Waals surface area contributed by atoms with Crippen LogP contribution in [0.15, 0.2) is 41.6 Å². The van der Waals surface area contributed by atoms with E-state index in [0.29, 0.717) is 17.7 Å². The average Bonchev–Trinajstić information content (AvgIpc) is 2.60. The minimum atomic E-state index is -0.552. The maximum atomic E-state index is 12.6. The lowest BCUT2D eigenvalue weighted by atomic mass is 9.92. The Kier molecular flexibility index (Phi) is 5.84. The van der Waals surface area contributed by atoms with Gasteiger partial charge in [-0.2, -0.15) is 0 Å². The third-order valence-electron chi connectivity index (χ3n) is 4.06. The number of carbonyl (C=O) groups is 2. The lowest BCUT2D eigenvalue weighted by molar-refractivity contribution is -0.137. The van der Waals surface area contributed by atoms with Crippen LogP contribution in [0.5, 0.6) is 0 Å². The Balaban J connectivity index is 2.60. The fourth-order valence-electron chi connectivity index (χ4n) is 2.99. The molecule has 0 fully saturated rings. The van der Waals surface area contributed by atoms with Crippen LogP contribution in [0, 0.1) is 0 Å². The maximum Gasteiger partial charge on any atom is 0.412 e. The van der Waals surface area contributed by atoms with Crippen molar-refractivity contribution in [3.05, 3.63) is 47.2 Å². The van der Waals surface area contributed by atoms with E-state index in [1.54, 1.807) is 11.8 Å². The first-order valence-corrected chi connectivity index (χ1v) is 8.10. The summed E-state index contributed by atoms with van der Waals surface area (Å²) in [6.45, 7) is 5.83. The monoisotopic (exact) mass is 332 g/mol. The summed E-state index contributed by atoms with van der Waals surface area (Å²) in [4.78, 5) is 26.6.